The predicted octanol–water partition coefficient (Wildman–Crippen LogP) is 1.08. The van der Waals surface area contributed by atoms with Gasteiger partial charge in [0, 0.05) is 0 Å². The molecule has 0 aliphatic heterocycles. The molecule has 74 valence electrons. The van der Waals surface area contributed by atoms with E-state index in [-0.39, 0.29) is 12.0 Å². The fourth-order valence-corrected chi connectivity index (χ4v) is 1.00. The third-order valence-corrected chi connectivity index (χ3v) is 1.63. The molecule has 0 radical (unpaired) electrons. The van der Waals surface area contributed by atoms with E-state index in [1.807, 2.05) is 4.98 Å². The summed E-state index contributed by atoms with van der Waals surface area (Å²) in [5, 5.41) is 17.3. The first-order valence-electron chi connectivity index (χ1n) is 3.66. The molecule has 0 atom stereocenters. The summed E-state index contributed by atoms with van der Waals surface area (Å²) in [6, 6.07) is 2.54. The van der Waals surface area contributed by atoms with Crippen molar-refractivity contribution in [3.63, 3.8) is 0 Å². The largest absolute Gasteiger partial charge is 0.503 e. The highest BCUT2D eigenvalue weighted by Crippen LogP contribution is 2.21. The van der Waals surface area contributed by atoms with Gasteiger partial charge in [-0.3, -0.25) is 4.79 Å². The highest BCUT2D eigenvalue weighted by molar-refractivity contribution is 5.31. The molecule has 0 aromatic carbocycles. The molecular weight excluding hydrogens is 194 g/mol. The van der Waals surface area contributed by atoms with E-state index in [0.717, 1.165) is 6.07 Å². The number of pyridine rings is 1. The second-order valence-corrected chi connectivity index (χ2v) is 2.56. The first kappa shape index (κ1) is 10.2. The van der Waals surface area contributed by atoms with Crippen molar-refractivity contribution in [2.75, 3.05) is 0 Å². The fourth-order valence-electron chi connectivity index (χ4n) is 1.00. The Morgan fingerprint density at radius 2 is 2.29 bits per heavy atom. The van der Waals surface area contributed by atoms with Crippen LogP contribution in [0.5, 0.6) is 5.75 Å². The highest BCUT2D eigenvalue weighted by Gasteiger charge is 2.15. The third kappa shape index (κ3) is 1.88. The Bertz CT molecular complexity index is 434. The lowest BCUT2D eigenvalue weighted by atomic mass is 10.1. The van der Waals surface area contributed by atoms with Crippen LogP contribution >= 0.6 is 0 Å². The Labute approximate surface area is 77.4 Å². The standard InChI is InChI=1S/C8H6F2N2O2/c9-7(10)6-4(1-2-11)3-5(13)8(14)12-6/h3,7,13H,1H2,(H,12,14). The number of hydrogen-bond acceptors (Lipinski definition) is 3. The normalized spacial score (nSPS) is 10.1. The first-order chi connectivity index (χ1) is 6.56. The molecule has 2 N–H and O–H groups in total. The van der Waals surface area contributed by atoms with Crippen LogP contribution in [0.25, 0.3) is 0 Å². The minimum Gasteiger partial charge on any atom is -0.503 e. The Hall–Kier alpha value is -1.90. The number of H-pyrrole nitrogens is 1. The molecule has 0 fully saturated rings. The van der Waals surface area contributed by atoms with Crippen molar-refractivity contribution in [1.29, 1.82) is 5.26 Å². The summed E-state index contributed by atoms with van der Waals surface area (Å²) in [7, 11) is 0. The molecule has 0 saturated heterocycles. The van der Waals surface area contributed by atoms with Gasteiger partial charge in [-0.2, -0.15) is 5.26 Å². The molecule has 1 aromatic rings. The number of alkyl halides is 2. The SMILES string of the molecule is N#CCc1cc(O)c(=O)[nH]c1C(F)F. The quantitative estimate of drug-likeness (QED) is 0.749. The van der Waals surface area contributed by atoms with Crippen molar-refractivity contribution in [3.8, 4) is 11.8 Å². The van der Waals surface area contributed by atoms with Crippen LogP contribution in [0.4, 0.5) is 8.78 Å². The molecule has 0 aliphatic carbocycles. The molecule has 0 bridgehead atoms. The number of aromatic nitrogens is 1. The summed E-state index contributed by atoms with van der Waals surface area (Å²) in [5.74, 6) is -0.667. The zero-order valence-corrected chi connectivity index (χ0v) is 6.92. The number of hydrogen-bond donors (Lipinski definition) is 2. The summed E-state index contributed by atoms with van der Waals surface area (Å²) in [5.41, 5.74) is -1.67. The van der Waals surface area contributed by atoms with Gasteiger partial charge in [-0.05, 0) is 11.6 Å². The van der Waals surface area contributed by atoms with Gasteiger partial charge in [0.05, 0.1) is 18.2 Å². The summed E-state index contributed by atoms with van der Waals surface area (Å²) < 4.78 is 24.6. The molecule has 1 aromatic heterocycles. The fraction of sp³-hybridized carbons (Fsp3) is 0.250. The Morgan fingerprint density at radius 3 is 2.79 bits per heavy atom. The highest BCUT2D eigenvalue weighted by atomic mass is 19.3. The van der Waals surface area contributed by atoms with Gasteiger partial charge in [-0.25, -0.2) is 8.78 Å². The maximum atomic E-state index is 12.3. The molecule has 0 spiro atoms. The smallest absolute Gasteiger partial charge is 0.290 e. The number of rotatable bonds is 2. The average molecular weight is 200 g/mol. The van der Waals surface area contributed by atoms with Crippen molar-refractivity contribution in [2.24, 2.45) is 0 Å². The Balaban J connectivity index is 3.33. The van der Waals surface area contributed by atoms with E-state index in [0.29, 0.717) is 0 Å². The summed E-state index contributed by atoms with van der Waals surface area (Å²) >= 11 is 0. The minimum atomic E-state index is -2.87. The van der Waals surface area contributed by atoms with E-state index in [9.17, 15) is 13.6 Å². The molecule has 14 heavy (non-hydrogen) atoms. The predicted molar refractivity (Wildman–Crippen MR) is 43.0 cm³/mol. The van der Waals surface area contributed by atoms with E-state index >= 15 is 0 Å². The number of aromatic amines is 1. The van der Waals surface area contributed by atoms with Crippen LogP contribution in [-0.4, -0.2) is 10.1 Å². The molecule has 0 amide bonds. The van der Waals surface area contributed by atoms with E-state index in [1.165, 1.54) is 0 Å². The van der Waals surface area contributed by atoms with Gasteiger partial charge < -0.3 is 10.1 Å². The molecule has 1 rings (SSSR count). The van der Waals surface area contributed by atoms with E-state index < -0.39 is 23.4 Å². The van der Waals surface area contributed by atoms with Crippen molar-refractivity contribution >= 4 is 0 Å². The topological polar surface area (TPSA) is 76.9 Å². The monoisotopic (exact) mass is 200 g/mol. The lowest BCUT2D eigenvalue weighted by Crippen LogP contribution is -2.11. The lowest BCUT2D eigenvalue weighted by Gasteiger charge is -2.05. The number of halogens is 2. The average Bonchev–Trinajstić information content (AvgIpc) is 2.11. The van der Waals surface area contributed by atoms with Crippen LogP contribution in [0.15, 0.2) is 10.9 Å². The third-order valence-electron chi connectivity index (χ3n) is 1.63. The van der Waals surface area contributed by atoms with Crippen LogP contribution < -0.4 is 5.56 Å². The van der Waals surface area contributed by atoms with E-state index in [1.54, 1.807) is 6.07 Å². The number of nitrogens with zero attached hydrogens (tertiary/aromatic N) is 1. The zero-order chi connectivity index (χ0) is 10.7. The van der Waals surface area contributed by atoms with Gasteiger partial charge in [0.2, 0.25) is 0 Å². The van der Waals surface area contributed by atoms with E-state index in [2.05, 4.69) is 0 Å². The van der Waals surface area contributed by atoms with E-state index in [4.69, 9.17) is 10.4 Å². The second kappa shape index (κ2) is 3.87. The van der Waals surface area contributed by atoms with Gasteiger partial charge in [0.15, 0.2) is 5.75 Å². The molecule has 1 heterocycles. The number of nitriles is 1. The molecule has 6 heteroatoms. The molecule has 4 nitrogen and oxygen atoms in total. The van der Waals surface area contributed by atoms with Gasteiger partial charge in [-0.1, -0.05) is 0 Å². The maximum absolute atomic E-state index is 12.3. The maximum Gasteiger partial charge on any atom is 0.290 e. The summed E-state index contributed by atoms with van der Waals surface area (Å²) in [6.45, 7) is 0. The minimum absolute atomic E-state index is 0.0698. The summed E-state index contributed by atoms with van der Waals surface area (Å²) in [6.07, 6.45) is -3.16. The van der Waals surface area contributed by atoms with Crippen molar-refractivity contribution in [1.82, 2.24) is 4.98 Å². The number of nitrogens with one attached hydrogen (secondary N) is 1. The van der Waals surface area contributed by atoms with Gasteiger partial charge in [-0.15, -0.1) is 0 Å². The van der Waals surface area contributed by atoms with Gasteiger partial charge in [0.1, 0.15) is 0 Å². The summed E-state index contributed by atoms with van der Waals surface area (Å²) in [4.78, 5) is 12.6. The van der Waals surface area contributed by atoms with Crippen molar-refractivity contribution in [2.45, 2.75) is 12.8 Å². The Kier molecular flexibility index (Phi) is 2.82. The number of aromatic hydroxyl groups is 1. The molecular formula is C8H6F2N2O2. The van der Waals surface area contributed by atoms with Gasteiger partial charge in [0.25, 0.3) is 12.0 Å². The van der Waals surface area contributed by atoms with Crippen LogP contribution in [0.3, 0.4) is 0 Å². The zero-order valence-electron chi connectivity index (χ0n) is 6.92. The lowest BCUT2D eigenvalue weighted by molar-refractivity contribution is 0.144. The molecule has 0 aliphatic rings. The first-order valence-corrected chi connectivity index (χ1v) is 3.66. The van der Waals surface area contributed by atoms with Crippen molar-refractivity contribution in [3.05, 3.63) is 27.7 Å². The van der Waals surface area contributed by atoms with Gasteiger partial charge >= 0.3 is 0 Å². The Morgan fingerprint density at radius 1 is 1.64 bits per heavy atom. The van der Waals surface area contributed by atoms with Crippen LogP contribution in [0.2, 0.25) is 0 Å². The molecule has 0 unspecified atom stereocenters. The van der Waals surface area contributed by atoms with Crippen LogP contribution in [0.1, 0.15) is 17.7 Å². The molecule has 0 saturated carbocycles. The van der Waals surface area contributed by atoms with Crippen molar-refractivity contribution < 1.29 is 13.9 Å². The second-order valence-electron chi connectivity index (χ2n) is 2.56. The van der Waals surface area contributed by atoms with Crippen LogP contribution in [-0.2, 0) is 6.42 Å². The van der Waals surface area contributed by atoms with Crippen LogP contribution in [0, 0.1) is 11.3 Å².